The Morgan fingerprint density at radius 2 is 1.86 bits per heavy atom. The lowest BCUT2D eigenvalue weighted by molar-refractivity contribution is 0.172. The Balaban J connectivity index is 1.68. The van der Waals surface area contributed by atoms with Gasteiger partial charge in [-0.1, -0.05) is 49.6 Å². The van der Waals surface area contributed by atoms with Crippen molar-refractivity contribution in [3.05, 3.63) is 35.9 Å². The van der Waals surface area contributed by atoms with Crippen molar-refractivity contribution in [2.45, 2.75) is 51.0 Å². The molecule has 1 N–H and O–H groups in total. The first-order chi connectivity index (χ1) is 10.3. The molecule has 1 unspecified atom stereocenters. The van der Waals surface area contributed by atoms with E-state index in [2.05, 4.69) is 47.5 Å². The molecule has 0 bridgehead atoms. The van der Waals surface area contributed by atoms with E-state index >= 15 is 0 Å². The van der Waals surface area contributed by atoms with Gasteiger partial charge in [0, 0.05) is 13.1 Å². The number of nitrogens with one attached hydrogen (secondary N) is 1. The van der Waals surface area contributed by atoms with Crippen LogP contribution in [0.2, 0.25) is 0 Å². The van der Waals surface area contributed by atoms with Crippen molar-refractivity contribution < 1.29 is 0 Å². The Bertz CT molecular complexity index is 424. The molecule has 116 valence electrons. The second kappa shape index (κ2) is 6.93. The van der Waals surface area contributed by atoms with Crippen molar-refractivity contribution in [2.75, 3.05) is 26.2 Å². The van der Waals surface area contributed by atoms with E-state index in [0.717, 1.165) is 19.0 Å². The fourth-order valence-electron chi connectivity index (χ4n) is 4.14. The third-order valence-corrected chi connectivity index (χ3v) is 5.36. The largest absolute Gasteiger partial charge is 0.307 e. The van der Waals surface area contributed by atoms with Crippen LogP contribution in [0.15, 0.2) is 30.3 Å². The number of hydrogen-bond acceptors (Lipinski definition) is 2. The van der Waals surface area contributed by atoms with Gasteiger partial charge in [0.15, 0.2) is 0 Å². The van der Waals surface area contributed by atoms with Gasteiger partial charge < -0.3 is 10.2 Å². The lowest BCUT2D eigenvalue weighted by Crippen LogP contribution is -2.47. The zero-order valence-electron chi connectivity index (χ0n) is 13.5. The van der Waals surface area contributed by atoms with Crippen LogP contribution in [0.3, 0.4) is 0 Å². The summed E-state index contributed by atoms with van der Waals surface area (Å²) in [5, 5.41) is 3.80. The van der Waals surface area contributed by atoms with Crippen molar-refractivity contribution in [3.8, 4) is 0 Å². The highest BCUT2D eigenvalue weighted by Crippen LogP contribution is 2.28. The average Bonchev–Trinajstić information content (AvgIpc) is 2.72. The first-order valence-corrected chi connectivity index (χ1v) is 8.79. The summed E-state index contributed by atoms with van der Waals surface area (Å²) in [4.78, 5) is 2.73. The zero-order chi connectivity index (χ0) is 14.5. The minimum atomic E-state index is 0.104. The van der Waals surface area contributed by atoms with Gasteiger partial charge in [-0.2, -0.15) is 0 Å². The first-order valence-electron chi connectivity index (χ1n) is 8.79. The van der Waals surface area contributed by atoms with Crippen LogP contribution in [0.25, 0.3) is 0 Å². The molecule has 1 aliphatic carbocycles. The van der Waals surface area contributed by atoms with E-state index < -0.39 is 0 Å². The van der Waals surface area contributed by atoms with Gasteiger partial charge >= 0.3 is 0 Å². The Morgan fingerprint density at radius 1 is 1.10 bits per heavy atom. The van der Waals surface area contributed by atoms with Gasteiger partial charge in [0.25, 0.3) is 0 Å². The first kappa shape index (κ1) is 15.1. The third kappa shape index (κ3) is 3.87. The van der Waals surface area contributed by atoms with Crippen LogP contribution >= 0.6 is 0 Å². The Morgan fingerprint density at radius 3 is 2.62 bits per heavy atom. The summed E-state index contributed by atoms with van der Waals surface area (Å²) >= 11 is 0. The van der Waals surface area contributed by atoms with Crippen molar-refractivity contribution >= 4 is 0 Å². The SMILES string of the molecule is CC1(c2ccccc2)CN(CC2CCCCC2)CCCN1. The van der Waals surface area contributed by atoms with Gasteiger partial charge in [-0.15, -0.1) is 0 Å². The Labute approximate surface area is 129 Å². The Kier molecular flexibility index (Phi) is 4.97. The minimum absolute atomic E-state index is 0.104. The van der Waals surface area contributed by atoms with Crippen molar-refractivity contribution in [2.24, 2.45) is 5.92 Å². The third-order valence-electron chi connectivity index (χ3n) is 5.36. The van der Waals surface area contributed by atoms with E-state index in [9.17, 15) is 0 Å². The van der Waals surface area contributed by atoms with Crippen LogP contribution < -0.4 is 5.32 Å². The number of hydrogen-bond donors (Lipinski definition) is 1. The molecule has 2 nitrogen and oxygen atoms in total. The van der Waals surface area contributed by atoms with E-state index in [1.54, 1.807) is 0 Å². The standard InChI is InChI=1S/C19H30N2/c1-19(18-11-6-3-7-12-18)16-21(14-8-13-20-19)15-17-9-4-2-5-10-17/h3,6-7,11-12,17,20H,2,4-5,8-10,13-16H2,1H3. The summed E-state index contributed by atoms with van der Waals surface area (Å²) < 4.78 is 0. The summed E-state index contributed by atoms with van der Waals surface area (Å²) in [7, 11) is 0. The van der Waals surface area contributed by atoms with Crippen LogP contribution in [-0.4, -0.2) is 31.1 Å². The molecule has 1 aromatic rings. The summed E-state index contributed by atoms with van der Waals surface area (Å²) in [6.45, 7) is 7.22. The van der Waals surface area contributed by atoms with Crippen molar-refractivity contribution in [3.63, 3.8) is 0 Å². The molecule has 1 atom stereocenters. The molecule has 2 fully saturated rings. The zero-order valence-corrected chi connectivity index (χ0v) is 13.5. The molecule has 2 heteroatoms. The number of benzene rings is 1. The fourth-order valence-corrected chi connectivity index (χ4v) is 4.14. The molecule has 1 saturated carbocycles. The fraction of sp³-hybridized carbons (Fsp3) is 0.684. The maximum atomic E-state index is 3.80. The molecule has 21 heavy (non-hydrogen) atoms. The van der Waals surface area contributed by atoms with E-state index in [1.807, 2.05) is 0 Å². The normalized spacial score (nSPS) is 29.2. The molecule has 0 amide bonds. The maximum Gasteiger partial charge on any atom is 0.0534 e. The van der Waals surface area contributed by atoms with Gasteiger partial charge in [0.2, 0.25) is 0 Å². The van der Waals surface area contributed by atoms with Gasteiger partial charge in [-0.05, 0) is 50.8 Å². The molecule has 3 rings (SSSR count). The van der Waals surface area contributed by atoms with Crippen LogP contribution in [-0.2, 0) is 5.54 Å². The summed E-state index contributed by atoms with van der Waals surface area (Å²) in [5.74, 6) is 0.942. The molecule has 1 saturated heterocycles. The van der Waals surface area contributed by atoms with E-state index in [1.165, 1.54) is 57.2 Å². The molecule has 1 heterocycles. The molecule has 0 radical (unpaired) electrons. The average molecular weight is 286 g/mol. The van der Waals surface area contributed by atoms with Gasteiger partial charge in [0.05, 0.1) is 5.54 Å². The highest BCUT2D eigenvalue weighted by Gasteiger charge is 2.31. The predicted molar refractivity (Wildman–Crippen MR) is 89.4 cm³/mol. The van der Waals surface area contributed by atoms with Crippen LogP contribution in [0, 0.1) is 5.92 Å². The van der Waals surface area contributed by atoms with Crippen LogP contribution in [0.1, 0.15) is 51.0 Å². The van der Waals surface area contributed by atoms with Crippen molar-refractivity contribution in [1.82, 2.24) is 10.2 Å². The van der Waals surface area contributed by atoms with Gasteiger partial charge in [-0.25, -0.2) is 0 Å². The van der Waals surface area contributed by atoms with Crippen molar-refractivity contribution in [1.29, 1.82) is 0 Å². The molecular formula is C19H30N2. The molecule has 1 aliphatic heterocycles. The molecule has 0 spiro atoms. The second-order valence-electron chi connectivity index (χ2n) is 7.22. The molecule has 0 aromatic heterocycles. The maximum absolute atomic E-state index is 3.80. The van der Waals surface area contributed by atoms with E-state index in [0.29, 0.717) is 0 Å². The topological polar surface area (TPSA) is 15.3 Å². The summed E-state index contributed by atoms with van der Waals surface area (Å²) in [6.07, 6.45) is 8.53. The smallest absolute Gasteiger partial charge is 0.0534 e. The number of nitrogens with zero attached hydrogens (tertiary/aromatic N) is 1. The molecule has 2 aliphatic rings. The van der Waals surface area contributed by atoms with E-state index in [-0.39, 0.29) is 5.54 Å². The Hall–Kier alpha value is -0.860. The highest BCUT2D eigenvalue weighted by molar-refractivity contribution is 5.24. The highest BCUT2D eigenvalue weighted by atomic mass is 15.2. The number of rotatable bonds is 3. The predicted octanol–water partition coefficient (Wildman–Crippen LogP) is 3.78. The molecular weight excluding hydrogens is 256 g/mol. The van der Waals surface area contributed by atoms with Gasteiger partial charge in [0.1, 0.15) is 0 Å². The summed E-state index contributed by atoms with van der Waals surface area (Å²) in [5.41, 5.74) is 1.53. The van der Waals surface area contributed by atoms with Crippen LogP contribution in [0.4, 0.5) is 0 Å². The quantitative estimate of drug-likeness (QED) is 0.910. The van der Waals surface area contributed by atoms with E-state index in [4.69, 9.17) is 0 Å². The second-order valence-corrected chi connectivity index (χ2v) is 7.22. The lowest BCUT2D eigenvalue weighted by atomic mass is 9.87. The molecule has 1 aromatic carbocycles. The lowest BCUT2D eigenvalue weighted by Gasteiger charge is -2.36. The minimum Gasteiger partial charge on any atom is -0.307 e. The van der Waals surface area contributed by atoms with Crippen LogP contribution in [0.5, 0.6) is 0 Å². The summed E-state index contributed by atoms with van der Waals surface area (Å²) in [6, 6.07) is 11.0. The monoisotopic (exact) mass is 286 g/mol. The van der Waals surface area contributed by atoms with Gasteiger partial charge in [-0.3, -0.25) is 0 Å².